The van der Waals surface area contributed by atoms with Crippen LogP contribution in [0.1, 0.15) is 18.1 Å². The van der Waals surface area contributed by atoms with E-state index in [0.717, 1.165) is 10.9 Å². The molecule has 1 aromatic heterocycles. The number of amides is 3. The lowest BCUT2D eigenvalue weighted by atomic mass is 10.0. The predicted molar refractivity (Wildman–Crippen MR) is 144 cm³/mol. The fourth-order valence-electron chi connectivity index (χ4n) is 4.10. The Hall–Kier alpha value is -4.46. The van der Waals surface area contributed by atoms with E-state index < -0.39 is 60.6 Å². The number of phenolic OH excluding ortho intramolecular Hbond substituents is 1. The van der Waals surface area contributed by atoms with Gasteiger partial charge in [0, 0.05) is 23.5 Å². The fraction of sp³-hybridized carbons (Fsp3) is 0.333. The molecule has 13 nitrogen and oxygen atoms in total. The van der Waals surface area contributed by atoms with Crippen LogP contribution in [0.5, 0.6) is 5.75 Å². The fourth-order valence-corrected chi connectivity index (χ4v) is 4.10. The van der Waals surface area contributed by atoms with E-state index in [9.17, 15) is 39.6 Å². The maximum absolute atomic E-state index is 13.3. The first kappa shape index (κ1) is 30.1. The highest BCUT2D eigenvalue weighted by molar-refractivity contribution is 5.95. The molecule has 0 radical (unpaired) electrons. The number of rotatable bonds is 13. The van der Waals surface area contributed by atoms with Crippen LogP contribution in [0.2, 0.25) is 0 Å². The summed E-state index contributed by atoms with van der Waals surface area (Å²) in [5.41, 5.74) is 8.26. The number of aliphatic carboxylic acids is 1. The van der Waals surface area contributed by atoms with Crippen LogP contribution >= 0.6 is 0 Å². The summed E-state index contributed by atoms with van der Waals surface area (Å²) in [6, 6.07) is 7.94. The van der Waals surface area contributed by atoms with E-state index >= 15 is 0 Å². The maximum atomic E-state index is 13.3. The number of hydrogen-bond acceptors (Lipinski definition) is 8. The van der Waals surface area contributed by atoms with Crippen molar-refractivity contribution < 1.29 is 39.6 Å². The normalized spacial score (nSPS) is 14.9. The molecule has 5 atom stereocenters. The first-order chi connectivity index (χ1) is 19.0. The van der Waals surface area contributed by atoms with Crippen LogP contribution in [0.4, 0.5) is 0 Å². The molecule has 3 rings (SSSR count). The van der Waals surface area contributed by atoms with E-state index in [2.05, 4.69) is 20.9 Å². The molecule has 10 N–H and O–H groups in total. The summed E-state index contributed by atoms with van der Waals surface area (Å²) in [6.45, 7) is 0.289. The molecule has 5 unspecified atom stereocenters. The second-order valence-corrected chi connectivity index (χ2v) is 9.41. The molecule has 1 heterocycles. The van der Waals surface area contributed by atoms with Gasteiger partial charge >= 0.3 is 5.97 Å². The van der Waals surface area contributed by atoms with Gasteiger partial charge in [0.05, 0.1) is 18.8 Å². The summed E-state index contributed by atoms with van der Waals surface area (Å²) in [7, 11) is 0. The van der Waals surface area contributed by atoms with Crippen LogP contribution in [-0.2, 0) is 32.0 Å². The lowest BCUT2D eigenvalue weighted by molar-refractivity contribution is -0.145. The van der Waals surface area contributed by atoms with Crippen molar-refractivity contribution in [2.75, 3.05) is 6.61 Å². The number of H-pyrrole nitrogens is 1. The Morgan fingerprint density at radius 1 is 0.900 bits per heavy atom. The third-order valence-corrected chi connectivity index (χ3v) is 6.32. The predicted octanol–water partition coefficient (Wildman–Crippen LogP) is -1.10. The van der Waals surface area contributed by atoms with Crippen molar-refractivity contribution in [3.05, 3.63) is 65.9 Å². The van der Waals surface area contributed by atoms with E-state index in [0.29, 0.717) is 11.1 Å². The highest BCUT2D eigenvalue weighted by atomic mass is 16.4. The molecular weight excluding hydrogens is 522 g/mol. The number of aromatic amines is 1. The van der Waals surface area contributed by atoms with Crippen molar-refractivity contribution in [2.24, 2.45) is 5.73 Å². The summed E-state index contributed by atoms with van der Waals surface area (Å²) >= 11 is 0. The number of benzene rings is 2. The quantitative estimate of drug-likeness (QED) is 0.124. The summed E-state index contributed by atoms with van der Waals surface area (Å²) < 4.78 is 0. The van der Waals surface area contributed by atoms with Gasteiger partial charge in [0.1, 0.15) is 17.8 Å². The Morgan fingerprint density at radius 2 is 1.52 bits per heavy atom. The third-order valence-electron chi connectivity index (χ3n) is 6.32. The molecule has 40 heavy (non-hydrogen) atoms. The van der Waals surface area contributed by atoms with Gasteiger partial charge in [0.25, 0.3) is 0 Å². The summed E-state index contributed by atoms with van der Waals surface area (Å²) in [6.07, 6.45) is 0.355. The van der Waals surface area contributed by atoms with Crippen molar-refractivity contribution in [2.45, 2.75) is 50.0 Å². The van der Waals surface area contributed by atoms with Crippen molar-refractivity contribution in [3.8, 4) is 5.75 Å². The average molecular weight is 556 g/mol. The lowest BCUT2D eigenvalue weighted by Crippen LogP contribution is -2.59. The number of carboxylic acid groups (broad SMARTS) is 1. The lowest BCUT2D eigenvalue weighted by Gasteiger charge is -2.25. The minimum Gasteiger partial charge on any atom is -0.508 e. The number of nitrogens with one attached hydrogen (secondary N) is 4. The van der Waals surface area contributed by atoms with Gasteiger partial charge in [-0.1, -0.05) is 30.3 Å². The zero-order valence-corrected chi connectivity index (χ0v) is 21.7. The van der Waals surface area contributed by atoms with Crippen LogP contribution in [0, 0.1) is 0 Å². The van der Waals surface area contributed by atoms with E-state index in [4.69, 9.17) is 5.73 Å². The SMILES string of the molecule is CC(O)C(NC(=O)C(CO)NC(=O)C(Cc1c[nH]c2ccccc12)NC(=O)C(N)Cc1ccc(O)cc1)C(=O)O. The third kappa shape index (κ3) is 7.79. The highest BCUT2D eigenvalue weighted by Gasteiger charge is 2.32. The zero-order valence-electron chi connectivity index (χ0n) is 21.7. The number of carboxylic acids is 1. The summed E-state index contributed by atoms with van der Waals surface area (Å²) in [4.78, 5) is 53.4. The first-order valence-corrected chi connectivity index (χ1v) is 12.5. The standard InChI is InChI=1S/C27H33N5O8/c1-14(34)23(27(39)40)32-26(38)22(13-33)31-25(37)21(11-16-12-29-20-5-3-2-4-18(16)20)30-24(36)19(28)10-15-6-8-17(35)9-7-15/h2-9,12,14,19,21-23,29,33-35H,10-11,13,28H2,1H3,(H,30,36)(H,31,37)(H,32,38)(H,39,40). The van der Waals surface area contributed by atoms with Gasteiger partial charge in [0.2, 0.25) is 17.7 Å². The Balaban J connectivity index is 1.79. The second kappa shape index (κ2) is 13.6. The number of para-hydroxylation sites is 1. The second-order valence-electron chi connectivity index (χ2n) is 9.41. The number of aliphatic hydroxyl groups excluding tert-OH is 2. The average Bonchev–Trinajstić information content (AvgIpc) is 3.33. The molecule has 0 fully saturated rings. The number of hydrogen-bond donors (Lipinski definition) is 9. The number of fused-ring (bicyclic) bond motifs is 1. The van der Waals surface area contributed by atoms with Crippen molar-refractivity contribution in [1.82, 2.24) is 20.9 Å². The topological polar surface area (TPSA) is 227 Å². The molecule has 0 bridgehead atoms. The van der Waals surface area contributed by atoms with Crippen molar-refractivity contribution in [1.29, 1.82) is 0 Å². The Bertz CT molecular complexity index is 1340. The first-order valence-electron chi connectivity index (χ1n) is 12.5. The van der Waals surface area contributed by atoms with Crippen molar-refractivity contribution in [3.63, 3.8) is 0 Å². The minimum atomic E-state index is -1.67. The van der Waals surface area contributed by atoms with Crippen LogP contribution in [-0.4, -0.2) is 86.0 Å². The van der Waals surface area contributed by atoms with Gasteiger partial charge < -0.3 is 47.1 Å². The van der Waals surface area contributed by atoms with Gasteiger partial charge in [-0.2, -0.15) is 0 Å². The maximum Gasteiger partial charge on any atom is 0.328 e. The number of phenols is 1. The number of nitrogens with two attached hydrogens (primary N) is 1. The van der Waals surface area contributed by atoms with Gasteiger partial charge in [-0.25, -0.2) is 4.79 Å². The number of carbonyl (C=O) groups excluding carboxylic acids is 3. The largest absolute Gasteiger partial charge is 0.508 e. The molecule has 0 spiro atoms. The molecule has 2 aromatic carbocycles. The summed E-state index contributed by atoms with van der Waals surface area (Å²) in [5.74, 6) is -3.96. The highest BCUT2D eigenvalue weighted by Crippen LogP contribution is 2.19. The van der Waals surface area contributed by atoms with Crippen LogP contribution < -0.4 is 21.7 Å². The summed E-state index contributed by atoms with van der Waals surface area (Å²) in [5, 5.41) is 45.9. The Kier molecular flexibility index (Phi) is 10.2. The van der Waals surface area contributed by atoms with E-state index in [1.165, 1.54) is 19.1 Å². The van der Waals surface area contributed by atoms with E-state index in [1.54, 1.807) is 18.3 Å². The molecule has 3 amide bonds. The number of aromatic hydroxyl groups is 1. The molecule has 13 heteroatoms. The van der Waals surface area contributed by atoms with Gasteiger partial charge in [-0.3, -0.25) is 14.4 Å². The van der Waals surface area contributed by atoms with E-state index in [-0.39, 0.29) is 18.6 Å². The van der Waals surface area contributed by atoms with Gasteiger partial charge in [-0.15, -0.1) is 0 Å². The zero-order chi connectivity index (χ0) is 29.4. The van der Waals surface area contributed by atoms with Crippen LogP contribution in [0.25, 0.3) is 10.9 Å². The molecule has 0 aliphatic heterocycles. The molecule has 0 aliphatic rings. The molecule has 214 valence electrons. The van der Waals surface area contributed by atoms with Gasteiger partial charge in [-0.05, 0) is 42.7 Å². The Labute approximate surface area is 229 Å². The minimum absolute atomic E-state index is 0.00128. The van der Waals surface area contributed by atoms with Gasteiger partial charge in [0.15, 0.2) is 6.04 Å². The van der Waals surface area contributed by atoms with E-state index in [1.807, 2.05) is 24.3 Å². The van der Waals surface area contributed by atoms with Crippen molar-refractivity contribution >= 4 is 34.6 Å². The van der Waals surface area contributed by atoms with Crippen LogP contribution in [0.3, 0.4) is 0 Å². The molecule has 0 saturated carbocycles. The van der Waals surface area contributed by atoms with Crippen LogP contribution in [0.15, 0.2) is 54.7 Å². The number of carbonyl (C=O) groups is 4. The Morgan fingerprint density at radius 3 is 2.15 bits per heavy atom. The molecule has 3 aromatic rings. The molecular formula is C27H33N5O8. The molecule has 0 aliphatic carbocycles. The monoisotopic (exact) mass is 555 g/mol. The number of aromatic nitrogens is 1. The number of aliphatic hydroxyl groups is 2. The molecule has 0 saturated heterocycles. The smallest absolute Gasteiger partial charge is 0.328 e.